The van der Waals surface area contributed by atoms with E-state index in [0.717, 1.165) is 37.8 Å². The SMILES string of the molecule is CNCc1cccc(N2CCOC(C)C2)n1. The van der Waals surface area contributed by atoms with Gasteiger partial charge in [0.1, 0.15) is 5.82 Å². The van der Waals surface area contributed by atoms with Crippen LogP contribution in [0.3, 0.4) is 0 Å². The van der Waals surface area contributed by atoms with Crippen LogP contribution in [-0.2, 0) is 11.3 Å². The minimum atomic E-state index is 0.295. The molecule has 1 fully saturated rings. The standard InChI is InChI=1S/C12H19N3O/c1-10-9-15(6-7-16-10)12-5-3-4-11(14-12)8-13-2/h3-5,10,13H,6-9H2,1-2H3. The Morgan fingerprint density at radius 1 is 1.56 bits per heavy atom. The summed E-state index contributed by atoms with van der Waals surface area (Å²) in [6, 6.07) is 6.18. The molecule has 1 aliphatic rings. The Bertz CT molecular complexity index is 343. The minimum Gasteiger partial charge on any atom is -0.375 e. The van der Waals surface area contributed by atoms with Crippen molar-refractivity contribution in [2.45, 2.75) is 19.6 Å². The Labute approximate surface area is 96.6 Å². The van der Waals surface area contributed by atoms with E-state index in [2.05, 4.69) is 34.3 Å². The first-order valence-corrected chi connectivity index (χ1v) is 5.76. The normalized spacial score (nSPS) is 21.1. The van der Waals surface area contributed by atoms with E-state index in [4.69, 9.17) is 4.74 Å². The van der Waals surface area contributed by atoms with Gasteiger partial charge in [-0.2, -0.15) is 0 Å². The summed E-state index contributed by atoms with van der Waals surface area (Å²) in [4.78, 5) is 6.91. The molecule has 4 nitrogen and oxygen atoms in total. The highest BCUT2D eigenvalue weighted by molar-refractivity contribution is 5.39. The zero-order chi connectivity index (χ0) is 11.4. The van der Waals surface area contributed by atoms with Crippen molar-refractivity contribution in [3.8, 4) is 0 Å². The van der Waals surface area contributed by atoms with Crippen LogP contribution in [0.4, 0.5) is 5.82 Å². The van der Waals surface area contributed by atoms with Gasteiger partial charge in [-0.25, -0.2) is 4.98 Å². The fourth-order valence-corrected chi connectivity index (χ4v) is 1.95. The second-order valence-corrected chi connectivity index (χ2v) is 4.14. The molecule has 1 N–H and O–H groups in total. The number of anilines is 1. The number of nitrogens with one attached hydrogen (secondary N) is 1. The van der Waals surface area contributed by atoms with Crippen molar-refractivity contribution in [3.05, 3.63) is 23.9 Å². The second-order valence-electron chi connectivity index (χ2n) is 4.14. The molecule has 1 atom stereocenters. The minimum absolute atomic E-state index is 0.295. The number of nitrogens with zero attached hydrogens (tertiary/aromatic N) is 2. The lowest BCUT2D eigenvalue weighted by Gasteiger charge is -2.32. The molecule has 1 aliphatic heterocycles. The third kappa shape index (κ3) is 2.71. The molecule has 1 aromatic rings. The van der Waals surface area contributed by atoms with E-state index < -0.39 is 0 Å². The van der Waals surface area contributed by atoms with E-state index in [-0.39, 0.29) is 0 Å². The van der Waals surface area contributed by atoms with Crippen LogP contribution in [0.15, 0.2) is 18.2 Å². The van der Waals surface area contributed by atoms with Crippen molar-refractivity contribution in [1.82, 2.24) is 10.3 Å². The maximum absolute atomic E-state index is 5.53. The Hall–Kier alpha value is -1.13. The number of hydrogen-bond acceptors (Lipinski definition) is 4. The monoisotopic (exact) mass is 221 g/mol. The second kappa shape index (κ2) is 5.27. The molecule has 88 valence electrons. The van der Waals surface area contributed by atoms with Crippen molar-refractivity contribution in [2.75, 3.05) is 31.6 Å². The predicted molar refractivity (Wildman–Crippen MR) is 64.6 cm³/mol. The molecule has 2 rings (SSSR count). The Balaban J connectivity index is 2.09. The van der Waals surface area contributed by atoms with Crippen LogP contribution in [-0.4, -0.2) is 37.8 Å². The number of morpholine rings is 1. The van der Waals surface area contributed by atoms with Gasteiger partial charge >= 0.3 is 0 Å². The zero-order valence-electron chi connectivity index (χ0n) is 9.94. The summed E-state index contributed by atoms with van der Waals surface area (Å²) in [6.07, 6.45) is 0.295. The molecule has 2 heterocycles. The van der Waals surface area contributed by atoms with Gasteiger partial charge in [0.25, 0.3) is 0 Å². The number of aromatic nitrogens is 1. The summed E-state index contributed by atoms with van der Waals surface area (Å²) in [5.41, 5.74) is 1.08. The van der Waals surface area contributed by atoms with Crippen LogP contribution in [0.25, 0.3) is 0 Å². The molecule has 0 amide bonds. The average Bonchev–Trinajstić information content (AvgIpc) is 2.30. The van der Waals surface area contributed by atoms with Crippen molar-refractivity contribution >= 4 is 5.82 Å². The van der Waals surface area contributed by atoms with E-state index in [1.54, 1.807) is 0 Å². The molecule has 1 unspecified atom stereocenters. The van der Waals surface area contributed by atoms with Gasteiger partial charge < -0.3 is 15.0 Å². The predicted octanol–water partition coefficient (Wildman–Crippen LogP) is 1.03. The summed E-state index contributed by atoms with van der Waals surface area (Å²) in [7, 11) is 1.94. The van der Waals surface area contributed by atoms with Crippen LogP contribution in [0, 0.1) is 0 Å². The van der Waals surface area contributed by atoms with Crippen LogP contribution in [0.1, 0.15) is 12.6 Å². The molecule has 0 radical (unpaired) electrons. The Morgan fingerprint density at radius 2 is 2.44 bits per heavy atom. The number of rotatable bonds is 3. The highest BCUT2D eigenvalue weighted by atomic mass is 16.5. The lowest BCUT2D eigenvalue weighted by molar-refractivity contribution is 0.0529. The van der Waals surface area contributed by atoms with Crippen molar-refractivity contribution in [2.24, 2.45) is 0 Å². The number of pyridine rings is 1. The first kappa shape index (κ1) is 11.4. The highest BCUT2D eigenvalue weighted by Gasteiger charge is 2.17. The van der Waals surface area contributed by atoms with E-state index in [1.807, 2.05) is 13.1 Å². The summed E-state index contributed by atoms with van der Waals surface area (Å²) in [5.74, 6) is 1.06. The largest absolute Gasteiger partial charge is 0.375 e. The van der Waals surface area contributed by atoms with Gasteiger partial charge in [-0.1, -0.05) is 6.07 Å². The molecular formula is C12H19N3O. The molecule has 16 heavy (non-hydrogen) atoms. The first-order valence-electron chi connectivity index (χ1n) is 5.76. The third-order valence-electron chi connectivity index (χ3n) is 2.72. The zero-order valence-corrected chi connectivity index (χ0v) is 9.94. The maximum atomic E-state index is 5.53. The summed E-state index contributed by atoms with van der Waals surface area (Å²) in [6.45, 7) is 5.56. The van der Waals surface area contributed by atoms with Gasteiger partial charge in [-0.15, -0.1) is 0 Å². The Kier molecular flexibility index (Phi) is 3.74. The number of hydrogen-bond donors (Lipinski definition) is 1. The molecule has 1 aromatic heterocycles. The van der Waals surface area contributed by atoms with E-state index in [1.165, 1.54) is 0 Å². The molecular weight excluding hydrogens is 202 g/mol. The quantitative estimate of drug-likeness (QED) is 0.827. The third-order valence-corrected chi connectivity index (χ3v) is 2.72. The summed E-state index contributed by atoms with van der Waals surface area (Å²) in [5, 5.41) is 3.12. The molecule has 0 spiro atoms. The van der Waals surface area contributed by atoms with Crippen LogP contribution < -0.4 is 10.2 Å². The molecule has 0 aromatic carbocycles. The fraction of sp³-hybridized carbons (Fsp3) is 0.583. The van der Waals surface area contributed by atoms with Gasteiger partial charge in [-0.05, 0) is 26.1 Å². The lowest BCUT2D eigenvalue weighted by Crippen LogP contribution is -2.41. The van der Waals surface area contributed by atoms with E-state index >= 15 is 0 Å². The summed E-state index contributed by atoms with van der Waals surface area (Å²) < 4.78 is 5.53. The van der Waals surface area contributed by atoms with Gasteiger partial charge in [0.2, 0.25) is 0 Å². The fourth-order valence-electron chi connectivity index (χ4n) is 1.95. The summed E-state index contributed by atoms with van der Waals surface area (Å²) >= 11 is 0. The molecule has 0 saturated carbocycles. The maximum Gasteiger partial charge on any atom is 0.129 e. The molecule has 0 aliphatic carbocycles. The van der Waals surface area contributed by atoms with Crippen molar-refractivity contribution in [3.63, 3.8) is 0 Å². The lowest BCUT2D eigenvalue weighted by atomic mass is 10.3. The van der Waals surface area contributed by atoms with Gasteiger partial charge in [0.05, 0.1) is 18.4 Å². The molecule has 0 bridgehead atoms. The Morgan fingerprint density at radius 3 is 3.19 bits per heavy atom. The molecule has 4 heteroatoms. The van der Waals surface area contributed by atoms with Gasteiger partial charge in [0, 0.05) is 19.6 Å². The van der Waals surface area contributed by atoms with E-state index in [0.29, 0.717) is 6.10 Å². The first-order chi connectivity index (χ1) is 7.79. The van der Waals surface area contributed by atoms with Crippen LogP contribution in [0.5, 0.6) is 0 Å². The van der Waals surface area contributed by atoms with Crippen LogP contribution in [0.2, 0.25) is 0 Å². The van der Waals surface area contributed by atoms with E-state index in [9.17, 15) is 0 Å². The smallest absolute Gasteiger partial charge is 0.129 e. The average molecular weight is 221 g/mol. The van der Waals surface area contributed by atoms with Gasteiger partial charge in [-0.3, -0.25) is 0 Å². The highest BCUT2D eigenvalue weighted by Crippen LogP contribution is 2.15. The molecule has 1 saturated heterocycles. The van der Waals surface area contributed by atoms with Crippen molar-refractivity contribution in [1.29, 1.82) is 0 Å². The van der Waals surface area contributed by atoms with Crippen molar-refractivity contribution < 1.29 is 4.74 Å². The topological polar surface area (TPSA) is 37.4 Å². The van der Waals surface area contributed by atoms with Crippen LogP contribution >= 0.6 is 0 Å². The van der Waals surface area contributed by atoms with Gasteiger partial charge in [0.15, 0.2) is 0 Å². The number of ether oxygens (including phenoxy) is 1.